The molecule has 12 rings (SSSR count). The smallest absolute Gasteiger partial charge is 0.101 e. The molecule has 0 N–H and O–H groups in total. The van der Waals surface area contributed by atoms with Gasteiger partial charge in [-0.25, -0.2) is 0 Å². The monoisotopic (exact) mass is 708 g/mol. The molecule has 0 spiro atoms. The van der Waals surface area contributed by atoms with Gasteiger partial charge in [0, 0.05) is 26.9 Å². The Kier molecular flexibility index (Phi) is 6.16. The third-order valence-corrected chi connectivity index (χ3v) is 11.9. The molecule has 0 bridgehead atoms. The molecule has 0 saturated heterocycles. The van der Waals surface area contributed by atoms with E-state index in [-0.39, 0.29) is 0 Å². The highest BCUT2D eigenvalue weighted by Gasteiger charge is 2.27. The molecule has 0 fully saturated rings. The van der Waals surface area contributed by atoms with Crippen molar-refractivity contribution in [3.05, 3.63) is 181 Å². The second-order valence-electron chi connectivity index (χ2n) is 14.6. The predicted molar refractivity (Wildman–Crippen MR) is 232 cm³/mol. The number of benzene rings is 10. The highest BCUT2D eigenvalue weighted by Crippen LogP contribution is 2.48. The summed E-state index contributed by atoms with van der Waals surface area (Å²) in [5.41, 5.74) is 6.42. The van der Waals surface area contributed by atoms with Gasteiger partial charge in [0.25, 0.3) is 0 Å². The van der Waals surface area contributed by atoms with E-state index in [1.165, 1.54) is 5.39 Å². The number of fused-ring (bicyclic) bond motifs is 17. The van der Waals surface area contributed by atoms with Crippen molar-refractivity contribution in [1.29, 1.82) is 10.5 Å². The predicted octanol–water partition coefficient (Wildman–Crippen LogP) is 13.4. The zero-order valence-corrected chi connectivity index (χ0v) is 30.0. The normalized spacial score (nSPS) is 11.9. The van der Waals surface area contributed by atoms with E-state index in [0.717, 1.165) is 103 Å². The van der Waals surface area contributed by atoms with Crippen LogP contribution in [0.5, 0.6) is 0 Å². The first-order chi connectivity index (χ1) is 27.7. The maximum atomic E-state index is 11.2. The first kappa shape index (κ1) is 30.5. The SMILES string of the molecule is N#Cc1cc(C#N)c(-n2c3ccc4ccccc4c3c3c4ccccc4c4ccccc4c32)c(-n2c3ccc4ccccc4c3c3c4ccccc4ccc32)c1. The molecule has 56 heavy (non-hydrogen) atoms. The second-order valence-corrected chi connectivity index (χ2v) is 14.6. The molecule has 12 aromatic rings. The van der Waals surface area contributed by atoms with E-state index in [1.54, 1.807) is 6.07 Å². The van der Waals surface area contributed by atoms with E-state index < -0.39 is 0 Å². The fourth-order valence-electron chi connectivity index (χ4n) is 9.65. The van der Waals surface area contributed by atoms with Crippen molar-refractivity contribution in [2.75, 3.05) is 0 Å². The summed E-state index contributed by atoms with van der Waals surface area (Å²) in [5.74, 6) is 0. The minimum atomic E-state index is 0.429. The Morgan fingerprint density at radius 1 is 0.357 bits per heavy atom. The zero-order chi connectivity index (χ0) is 37.1. The van der Waals surface area contributed by atoms with Gasteiger partial charge in [0.05, 0.1) is 50.6 Å². The lowest BCUT2D eigenvalue weighted by Crippen LogP contribution is -2.07. The van der Waals surface area contributed by atoms with Gasteiger partial charge in [0.15, 0.2) is 0 Å². The van der Waals surface area contributed by atoms with Crippen molar-refractivity contribution in [1.82, 2.24) is 9.13 Å². The van der Waals surface area contributed by atoms with Gasteiger partial charge in [-0.05, 0) is 78.8 Å². The highest BCUT2D eigenvalue weighted by atomic mass is 15.1. The summed E-state index contributed by atoms with van der Waals surface area (Å²) in [6, 6.07) is 64.8. The quantitative estimate of drug-likeness (QED) is 0.168. The van der Waals surface area contributed by atoms with Gasteiger partial charge in [0.1, 0.15) is 6.07 Å². The number of nitrogens with zero attached hydrogens (tertiary/aromatic N) is 4. The standard InChI is InChI=1S/C52H28N4/c53-29-31-27-35(30-54)51(46(28-31)55-43-24-21-32-11-1-4-14-36(32)47(43)48-37-15-5-2-12-33(37)22-25-44(48)55)56-45-26-23-34-13-3-6-16-38(34)49(45)50-41-19-9-7-17-39(41)40-18-8-10-20-42(40)52(50)56/h1-28H. The Labute approximate surface area is 320 Å². The molecule has 0 aliphatic heterocycles. The van der Waals surface area contributed by atoms with Crippen LogP contribution in [0.2, 0.25) is 0 Å². The van der Waals surface area contributed by atoms with Crippen molar-refractivity contribution in [2.45, 2.75) is 0 Å². The molecule has 4 heteroatoms. The average molecular weight is 709 g/mol. The molecule has 10 aromatic carbocycles. The van der Waals surface area contributed by atoms with E-state index in [4.69, 9.17) is 0 Å². The number of aromatic nitrogens is 2. The minimum absolute atomic E-state index is 0.429. The summed E-state index contributed by atoms with van der Waals surface area (Å²) in [6.45, 7) is 0. The first-order valence-electron chi connectivity index (χ1n) is 18.8. The molecule has 256 valence electrons. The van der Waals surface area contributed by atoms with Crippen molar-refractivity contribution in [2.24, 2.45) is 0 Å². The van der Waals surface area contributed by atoms with Gasteiger partial charge in [-0.1, -0.05) is 140 Å². The van der Waals surface area contributed by atoms with Crippen LogP contribution in [0.3, 0.4) is 0 Å². The molecular formula is C52H28N4. The van der Waals surface area contributed by atoms with Crippen LogP contribution in [0.1, 0.15) is 11.1 Å². The van der Waals surface area contributed by atoms with Crippen molar-refractivity contribution >= 4 is 97.5 Å². The second kappa shape index (κ2) is 11.3. The topological polar surface area (TPSA) is 57.4 Å². The molecule has 0 unspecified atom stereocenters. The molecule has 2 aromatic heterocycles. The molecule has 0 amide bonds. The Balaban J connectivity index is 1.37. The van der Waals surface area contributed by atoms with Crippen molar-refractivity contribution < 1.29 is 0 Å². The summed E-state index contributed by atoms with van der Waals surface area (Å²) in [6.07, 6.45) is 0. The van der Waals surface area contributed by atoms with Gasteiger partial charge >= 0.3 is 0 Å². The highest BCUT2D eigenvalue weighted by molar-refractivity contribution is 6.36. The molecule has 0 atom stereocenters. The van der Waals surface area contributed by atoms with Crippen LogP contribution in [0, 0.1) is 22.7 Å². The zero-order valence-electron chi connectivity index (χ0n) is 30.0. The Morgan fingerprint density at radius 3 is 1.30 bits per heavy atom. The Morgan fingerprint density at radius 2 is 0.786 bits per heavy atom. The van der Waals surface area contributed by atoms with Crippen LogP contribution in [-0.2, 0) is 0 Å². The van der Waals surface area contributed by atoms with Crippen LogP contribution < -0.4 is 0 Å². The molecule has 0 aliphatic carbocycles. The van der Waals surface area contributed by atoms with E-state index in [2.05, 4.69) is 179 Å². The van der Waals surface area contributed by atoms with E-state index >= 15 is 0 Å². The molecular weight excluding hydrogens is 681 g/mol. The summed E-state index contributed by atoms with van der Waals surface area (Å²) < 4.78 is 4.61. The fourth-order valence-corrected chi connectivity index (χ4v) is 9.65. The fraction of sp³-hybridized carbons (Fsp3) is 0. The molecule has 4 nitrogen and oxygen atoms in total. The Bertz CT molecular complexity index is 3700. The van der Waals surface area contributed by atoms with Gasteiger partial charge in [-0.2, -0.15) is 10.5 Å². The average Bonchev–Trinajstić information content (AvgIpc) is 3.80. The molecule has 0 saturated carbocycles. The summed E-state index contributed by atoms with van der Waals surface area (Å²) in [4.78, 5) is 0. The van der Waals surface area contributed by atoms with Crippen LogP contribution >= 0.6 is 0 Å². The summed E-state index contributed by atoms with van der Waals surface area (Å²) >= 11 is 0. The molecule has 0 aliphatic rings. The minimum Gasteiger partial charge on any atom is -0.307 e. The van der Waals surface area contributed by atoms with Gasteiger partial charge in [-0.3, -0.25) is 0 Å². The van der Waals surface area contributed by atoms with Gasteiger partial charge in [0.2, 0.25) is 0 Å². The van der Waals surface area contributed by atoms with Crippen molar-refractivity contribution in [3.8, 4) is 23.5 Å². The van der Waals surface area contributed by atoms with Crippen LogP contribution in [0.4, 0.5) is 0 Å². The largest absolute Gasteiger partial charge is 0.307 e. The van der Waals surface area contributed by atoms with Crippen molar-refractivity contribution in [3.63, 3.8) is 0 Å². The van der Waals surface area contributed by atoms with Gasteiger partial charge < -0.3 is 9.13 Å². The van der Waals surface area contributed by atoms with E-state index in [9.17, 15) is 10.5 Å². The van der Waals surface area contributed by atoms with E-state index in [1.807, 2.05) is 6.07 Å². The number of nitriles is 2. The Hall–Kier alpha value is -7.92. The van der Waals surface area contributed by atoms with Gasteiger partial charge in [-0.15, -0.1) is 0 Å². The number of hydrogen-bond donors (Lipinski definition) is 0. The first-order valence-corrected chi connectivity index (χ1v) is 18.8. The maximum Gasteiger partial charge on any atom is 0.101 e. The van der Waals surface area contributed by atoms with Crippen LogP contribution in [0.15, 0.2) is 170 Å². The van der Waals surface area contributed by atoms with Crippen LogP contribution in [0.25, 0.3) is 109 Å². The van der Waals surface area contributed by atoms with Crippen LogP contribution in [-0.4, -0.2) is 9.13 Å². The number of rotatable bonds is 2. The lowest BCUT2D eigenvalue weighted by Gasteiger charge is -2.19. The molecule has 0 radical (unpaired) electrons. The summed E-state index contributed by atoms with van der Waals surface area (Å²) in [5, 5.41) is 37.8. The lowest BCUT2D eigenvalue weighted by molar-refractivity contribution is 1.09. The maximum absolute atomic E-state index is 11.2. The number of hydrogen-bond acceptors (Lipinski definition) is 2. The lowest BCUT2D eigenvalue weighted by atomic mass is 9.95. The third-order valence-electron chi connectivity index (χ3n) is 11.9. The van der Waals surface area contributed by atoms with E-state index in [0.29, 0.717) is 11.1 Å². The molecule has 2 heterocycles. The third kappa shape index (κ3) is 3.94. The summed E-state index contributed by atoms with van der Waals surface area (Å²) in [7, 11) is 0.